The van der Waals surface area contributed by atoms with Crippen LogP contribution >= 0.6 is 11.8 Å². The molecule has 0 bridgehead atoms. The highest BCUT2D eigenvalue weighted by Crippen LogP contribution is 2.38. The third-order valence-electron chi connectivity index (χ3n) is 2.26. The fourth-order valence-corrected chi connectivity index (χ4v) is 1.79. The monoisotopic (exact) mass is 282 g/mol. The van der Waals surface area contributed by atoms with Gasteiger partial charge in [-0.05, 0) is 23.6 Å². The van der Waals surface area contributed by atoms with Crippen LogP contribution in [0, 0.1) is 0 Å². The van der Waals surface area contributed by atoms with Gasteiger partial charge in [0.1, 0.15) is 5.88 Å². The SMILES string of the molecule is COc1cccc(OC)c1Oc1nnn(CSC)n1. The number of hydrogen-bond acceptors (Lipinski definition) is 7. The number of tetrazole rings is 1. The van der Waals surface area contributed by atoms with Gasteiger partial charge in [-0.25, -0.2) is 0 Å². The maximum Gasteiger partial charge on any atom is 0.361 e. The molecule has 0 atom stereocenters. The predicted molar refractivity (Wildman–Crippen MR) is 71.0 cm³/mol. The Labute approximate surface area is 114 Å². The standard InChI is InChI=1S/C11H14N4O3S/c1-16-8-5-4-6-9(17-2)10(8)18-11-12-14-15(13-11)7-19-3/h4-6H,7H2,1-3H3. The van der Waals surface area contributed by atoms with Gasteiger partial charge in [0.2, 0.25) is 5.75 Å². The van der Waals surface area contributed by atoms with Gasteiger partial charge in [-0.2, -0.15) is 4.80 Å². The zero-order valence-corrected chi connectivity index (χ0v) is 11.7. The van der Waals surface area contributed by atoms with Crippen LogP contribution in [0.5, 0.6) is 23.3 Å². The highest BCUT2D eigenvalue weighted by Gasteiger charge is 2.15. The van der Waals surface area contributed by atoms with E-state index in [1.54, 1.807) is 38.1 Å². The molecular weight excluding hydrogens is 268 g/mol. The molecule has 0 aliphatic heterocycles. The lowest BCUT2D eigenvalue weighted by Gasteiger charge is -2.11. The number of benzene rings is 1. The van der Waals surface area contributed by atoms with Crippen LogP contribution in [0.15, 0.2) is 18.2 Å². The first-order valence-electron chi connectivity index (χ1n) is 5.44. The quantitative estimate of drug-likeness (QED) is 0.800. The molecule has 0 spiro atoms. The minimum absolute atomic E-state index is 0.150. The summed E-state index contributed by atoms with van der Waals surface area (Å²) in [4.78, 5) is 1.45. The van der Waals surface area contributed by atoms with E-state index in [-0.39, 0.29) is 6.01 Å². The molecule has 0 saturated carbocycles. The molecule has 8 heteroatoms. The van der Waals surface area contributed by atoms with Crippen LogP contribution in [0.4, 0.5) is 0 Å². The molecule has 102 valence electrons. The van der Waals surface area contributed by atoms with Crippen molar-refractivity contribution in [3.05, 3.63) is 18.2 Å². The van der Waals surface area contributed by atoms with Gasteiger partial charge in [0.25, 0.3) is 0 Å². The van der Waals surface area contributed by atoms with Crippen molar-refractivity contribution in [1.29, 1.82) is 0 Å². The lowest BCUT2D eigenvalue weighted by molar-refractivity contribution is 0.336. The third-order valence-corrected chi connectivity index (χ3v) is 2.74. The summed E-state index contributed by atoms with van der Waals surface area (Å²) in [5, 5.41) is 11.8. The van der Waals surface area contributed by atoms with Gasteiger partial charge in [-0.3, -0.25) is 0 Å². The van der Waals surface area contributed by atoms with Crippen LogP contribution in [-0.2, 0) is 5.88 Å². The highest BCUT2D eigenvalue weighted by atomic mass is 32.2. The van der Waals surface area contributed by atoms with E-state index < -0.39 is 0 Å². The summed E-state index contributed by atoms with van der Waals surface area (Å²) in [6, 6.07) is 5.49. The minimum Gasteiger partial charge on any atom is -0.493 e. The Morgan fingerprint density at radius 2 is 1.89 bits per heavy atom. The van der Waals surface area contributed by atoms with E-state index in [1.807, 2.05) is 12.3 Å². The molecule has 7 nitrogen and oxygen atoms in total. The zero-order valence-electron chi connectivity index (χ0n) is 10.9. The smallest absolute Gasteiger partial charge is 0.361 e. The second kappa shape index (κ2) is 6.28. The minimum atomic E-state index is 0.150. The summed E-state index contributed by atoms with van der Waals surface area (Å²) in [7, 11) is 3.11. The molecule has 0 saturated heterocycles. The third kappa shape index (κ3) is 3.08. The summed E-state index contributed by atoms with van der Waals surface area (Å²) in [6.45, 7) is 0. The molecule has 2 rings (SSSR count). The molecule has 2 aromatic rings. The maximum atomic E-state index is 5.58. The molecule has 0 N–H and O–H groups in total. The van der Waals surface area contributed by atoms with E-state index in [9.17, 15) is 0 Å². The lowest BCUT2D eigenvalue weighted by atomic mass is 10.3. The topological polar surface area (TPSA) is 71.3 Å². The van der Waals surface area contributed by atoms with Crippen LogP contribution in [-0.4, -0.2) is 40.7 Å². The van der Waals surface area contributed by atoms with Crippen LogP contribution in [0.25, 0.3) is 0 Å². The molecule has 0 aliphatic carbocycles. The van der Waals surface area contributed by atoms with Crippen LogP contribution in [0.1, 0.15) is 0 Å². The Hall–Kier alpha value is -1.96. The van der Waals surface area contributed by atoms with E-state index in [0.29, 0.717) is 23.1 Å². The van der Waals surface area contributed by atoms with Crippen molar-refractivity contribution in [2.24, 2.45) is 0 Å². The highest BCUT2D eigenvalue weighted by molar-refractivity contribution is 7.97. The predicted octanol–water partition coefficient (Wildman–Crippen LogP) is 1.80. The normalized spacial score (nSPS) is 10.3. The average molecular weight is 282 g/mol. The number of nitrogens with zero attached hydrogens (tertiary/aromatic N) is 4. The van der Waals surface area contributed by atoms with Crippen molar-refractivity contribution in [2.45, 2.75) is 5.88 Å². The van der Waals surface area contributed by atoms with Crippen molar-refractivity contribution in [1.82, 2.24) is 20.2 Å². The van der Waals surface area contributed by atoms with Crippen molar-refractivity contribution in [2.75, 3.05) is 20.5 Å². The number of hydrogen-bond donors (Lipinski definition) is 0. The van der Waals surface area contributed by atoms with Crippen LogP contribution in [0.3, 0.4) is 0 Å². The van der Waals surface area contributed by atoms with Gasteiger partial charge in [0.05, 0.1) is 14.2 Å². The Bertz CT molecular complexity index is 524. The van der Waals surface area contributed by atoms with E-state index in [1.165, 1.54) is 4.80 Å². The summed E-state index contributed by atoms with van der Waals surface area (Å²) >= 11 is 1.58. The van der Waals surface area contributed by atoms with Gasteiger partial charge < -0.3 is 14.2 Å². The first-order valence-corrected chi connectivity index (χ1v) is 6.83. The fourth-order valence-electron chi connectivity index (χ4n) is 1.45. The van der Waals surface area contributed by atoms with E-state index in [4.69, 9.17) is 14.2 Å². The Morgan fingerprint density at radius 3 is 2.47 bits per heavy atom. The summed E-state index contributed by atoms with van der Waals surface area (Å²) in [5.41, 5.74) is 0. The number of ether oxygens (including phenoxy) is 3. The van der Waals surface area contributed by atoms with Crippen LogP contribution < -0.4 is 14.2 Å². The van der Waals surface area contributed by atoms with Gasteiger partial charge in [0, 0.05) is 0 Å². The maximum absolute atomic E-state index is 5.58. The first-order chi connectivity index (χ1) is 9.28. The molecule has 0 aliphatic rings. The molecule has 0 fully saturated rings. The molecule has 1 heterocycles. The number of methoxy groups -OCH3 is 2. The van der Waals surface area contributed by atoms with Crippen molar-refractivity contribution in [3.8, 4) is 23.3 Å². The van der Waals surface area contributed by atoms with Gasteiger partial charge in [-0.15, -0.1) is 11.8 Å². The number of rotatable bonds is 6. The van der Waals surface area contributed by atoms with Crippen LogP contribution in [0.2, 0.25) is 0 Å². The second-order valence-electron chi connectivity index (χ2n) is 3.46. The molecule has 1 aromatic heterocycles. The first kappa shape index (κ1) is 13.5. The summed E-state index contributed by atoms with van der Waals surface area (Å²) in [5.74, 6) is 2.12. The van der Waals surface area contributed by atoms with Gasteiger partial charge in [-0.1, -0.05) is 16.3 Å². The van der Waals surface area contributed by atoms with Crippen molar-refractivity contribution < 1.29 is 14.2 Å². The van der Waals surface area contributed by atoms with E-state index in [2.05, 4.69) is 15.4 Å². The molecular formula is C11H14N4O3S. The Balaban J connectivity index is 2.25. The van der Waals surface area contributed by atoms with Gasteiger partial charge in [0.15, 0.2) is 11.5 Å². The number of aromatic nitrogens is 4. The Morgan fingerprint density at radius 1 is 1.21 bits per heavy atom. The number of thioether (sulfide) groups is 1. The largest absolute Gasteiger partial charge is 0.493 e. The van der Waals surface area contributed by atoms with E-state index in [0.717, 1.165) is 0 Å². The summed E-state index contributed by atoms with van der Waals surface area (Å²) in [6.07, 6.45) is 1.95. The average Bonchev–Trinajstić information content (AvgIpc) is 2.87. The van der Waals surface area contributed by atoms with E-state index >= 15 is 0 Å². The molecule has 0 radical (unpaired) electrons. The molecule has 0 amide bonds. The zero-order chi connectivity index (χ0) is 13.7. The number of para-hydroxylation sites is 1. The lowest BCUT2D eigenvalue weighted by Crippen LogP contribution is -1.99. The van der Waals surface area contributed by atoms with Gasteiger partial charge >= 0.3 is 6.01 Å². The van der Waals surface area contributed by atoms with Crippen molar-refractivity contribution >= 4 is 11.8 Å². The molecule has 0 unspecified atom stereocenters. The van der Waals surface area contributed by atoms with Crippen molar-refractivity contribution in [3.63, 3.8) is 0 Å². The fraction of sp³-hybridized carbons (Fsp3) is 0.364. The second-order valence-corrected chi connectivity index (χ2v) is 4.29. The molecule has 1 aromatic carbocycles. The Kier molecular flexibility index (Phi) is 4.45. The molecule has 19 heavy (non-hydrogen) atoms. The summed E-state index contributed by atoms with van der Waals surface area (Å²) < 4.78 is 16.0.